The highest BCUT2D eigenvalue weighted by Crippen LogP contribution is 2.36. The molecule has 0 radical (unpaired) electrons. The summed E-state index contributed by atoms with van der Waals surface area (Å²) in [7, 11) is 0. The molecule has 0 spiro atoms. The van der Waals surface area contributed by atoms with Crippen LogP contribution in [0, 0.1) is 0 Å². The lowest BCUT2D eigenvalue weighted by Crippen LogP contribution is -2.56. The van der Waals surface area contributed by atoms with E-state index in [1.165, 1.54) is 29.2 Å². The Bertz CT molecular complexity index is 1340. The van der Waals surface area contributed by atoms with E-state index in [0.717, 1.165) is 18.2 Å². The maximum Gasteiger partial charge on any atom is 0.573 e. The lowest BCUT2D eigenvalue weighted by molar-refractivity contribution is -0.274. The fourth-order valence-corrected chi connectivity index (χ4v) is 4.60. The van der Waals surface area contributed by atoms with E-state index in [-0.39, 0.29) is 24.1 Å². The van der Waals surface area contributed by atoms with Crippen molar-refractivity contribution in [1.82, 2.24) is 10.6 Å². The van der Waals surface area contributed by atoms with E-state index < -0.39 is 71.9 Å². The van der Waals surface area contributed by atoms with Gasteiger partial charge in [0.1, 0.15) is 23.4 Å². The van der Waals surface area contributed by atoms with E-state index in [9.17, 15) is 40.7 Å². The van der Waals surface area contributed by atoms with Gasteiger partial charge in [-0.3, -0.25) is 9.59 Å². The molecule has 1 heterocycles. The number of alkyl halides is 6. The van der Waals surface area contributed by atoms with Gasteiger partial charge >= 0.3 is 18.6 Å². The van der Waals surface area contributed by atoms with E-state index in [0.29, 0.717) is 5.56 Å². The van der Waals surface area contributed by atoms with Crippen LogP contribution in [0.25, 0.3) is 0 Å². The Labute approximate surface area is 244 Å². The molecular weight excluding hydrogens is 584 g/mol. The Morgan fingerprint density at radius 1 is 1.02 bits per heavy atom. The van der Waals surface area contributed by atoms with E-state index in [1.54, 1.807) is 34.6 Å². The molecule has 8 nitrogen and oxygen atoms in total. The number of nitrogens with one attached hydrogen (secondary N) is 2. The van der Waals surface area contributed by atoms with Crippen LogP contribution < -0.4 is 20.3 Å². The van der Waals surface area contributed by atoms with Gasteiger partial charge in [0, 0.05) is 18.2 Å². The van der Waals surface area contributed by atoms with Crippen molar-refractivity contribution >= 4 is 23.6 Å². The van der Waals surface area contributed by atoms with Crippen molar-refractivity contribution in [2.75, 3.05) is 4.90 Å². The molecule has 3 rings (SSSR count). The second-order valence-electron chi connectivity index (χ2n) is 11.3. The summed E-state index contributed by atoms with van der Waals surface area (Å²) in [5, 5.41) is 4.89. The zero-order valence-electron chi connectivity index (χ0n) is 24.2. The van der Waals surface area contributed by atoms with Gasteiger partial charge in [-0.2, -0.15) is 13.2 Å². The lowest BCUT2D eigenvalue weighted by Gasteiger charge is -2.31. The van der Waals surface area contributed by atoms with Gasteiger partial charge in [-0.25, -0.2) is 4.79 Å². The Balaban J connectivity index is 1.92. The zero-order valence-corrected chi connectivity index (χ0v) is 24.2. The molecule has 2 aromatic rings. The quantitative estimate of drug-likeness (QED) is 0.377. The van der Waals surface area contributed by atoms with Crippen LogP contribution in [0.4, 0.5) is 36.8 Å². The summed E-state index contributed by atoms with van der Waals surface area (Å²) in [6.07, 6.45) is -11.0. The number of carbonyl (C=O) groups excluding carboxylic acids is 3. The van der Waals surface area contributed by atoms with E-state index >= 15 is 0 Å². The summed E-state index contributed by atoms with van der Waals surface area (Å²) >= 11 is 0. The van der Waals surface area contributed by atoms with Gasteiger partial charge in [-0.05, 0) is 76.8 Å². The van der Waals surface area contributed by atoms with Crippen molar-refractivity contribution < 1.29 is 50.2 Å². The number of nitrogens with zero attached hydrogens (tertiary/aromatic N) is 1. The maximum absolute atomic E-state index is 13.6. The number of hydrogen-bond donors (Lipinski definition) is 2. The topological polar surface area (TPSA) is 97.0 Å². The number of rotatable bonds is 7. The van der Waals surface area contributed by atoms with Gasteiger partial charge < -0.3 is 25.0 Å². The molecule has 0 saturated carbocycles. The molecule has 236 valence electrons. The number of fused-ring (bicyclic) bond motifs is 1. The minimum Gasteiger partial charge on any atom is -0.444 e. The first-order chi connectivity index (χ1) is 19.7. The predicted octanol–water partition coefficient (Wildman–Crippen LogP) is 5.91. The first-order valence-electron chi connectivity index (χ1n) is 13.4. The number of carbonyl (C=O) groups is 3. The van der Waals surface area contributed by atoms with Crippen LogP contribution in [0.2, 0.25) is 0 Å². The van der Waals surface area contributed by atoms with Crippen LogP contribution in [-0.4, -0.2) is 48.0 Å². The number of ether oxygens (including phenoxy) is 2. The largest absolute Gasteiger partial charge is 0.573 e. The molecule has 3 amide bonds. The Morgan fingerprint density at radius 3 is 2.26 bits per heavy atom. The standard InChI is InChI=1S/C29H33F6N3O5/c1-16(2)38-22-15-19(28(30,31)32)12-10-17(22)11-13-20(25(38)40)36-24(39)21(37-26(41)43-27(3,4)5)14-18-8-6-7-9-23(18)42-29(33,34)35/h6-10,12,15-16,20-21H,11,13-14H2,1-5H3,(H,36,39)(H,37,41). The first-order valence-corrected chi connectivity index (χ1v) is 13.4. The van der Waals surface area contributed by atoms with E-state index in [1.807, 2.05) is 0 Å². The fraction of sp³-hybridized carbons (Fsp3) is 0.483. The molecule has 1 aliphatic heterocycles. The predicted molar refractivity (Wildman–Crippen MR) is 144 cm³/mol. The van der Waals surface area contributed by atoms with Gasteiger partial charge in [-0.1, -0.05) is 24.3 Å². The van der Waals surface area contributed by atoms with Crippen molar-refractivity contribution in [2.45, 2.75) is 90.1 Å². The molecule has 0 bridgehead atoms. The number of halogens is 6. The van der Waals surface area contributed by atoms with Gasteiger partial charge in [0.25, 0.3) is 0 Å². The van der Waals surface area contributed by atoms with Crippen molar-refractivity contribution in [3.8, 4) is 5.75 Å². The summed E-state index contributed by atoms with van der Waals surface area (Å²) in [6.45, 7) is 7.93. The van der Waals surface area contributed by atoms with Crippen LogP contribution in [-0.2, 0) is 33.3 Å². The zero-order chi connectivity index (χ0) is 32.3. The van der Waals surface area contributed by atoms with Crippen LogP contribution >= 0.6 is 0 Å². The molecule has 1 aliphatic rings. The van der Waals surface area contributed by atoms with E-state index in [4.69, 9.17) is 4.74 Å². The molecule has 2 atom stereocenters. The van der Waals surface area contributed by atoms with Crippen molar-refractivity contribution in [3.63, 3.8) is 0 Å². The minimum atomic E-state index is -5.03. The smallest absolute Gasteiger partial charge is 0.444 e. The summed E-state index contributed by atoms with van der Waals surface area (Å²) < 4.78 is 88.7. The molecule has 14 heteroatoms. The normalized spacial score (nSPS) is 16.7. The third-order valence-corrected chi connectivity index (χ3v) is 6.37. The van der Waals surface area contributed by atoms with E-state index in [2.05, 4.69) is 15.4 Å². The lowest BCUT2D eigenvalue weighted by atomic mass is 10.0. The second-order valence-corrected chi connectivity index (χ2v) is 11.3. The molecule has 0 fully saturated rings. The summed E-state index contributed by atoms with van der Waals surface area (Å²) in [5.74, 6) is -2.19. The number of amides is 3. The first kappa shape index (κ1) is 33.5. The highest BCUT2D eigenvalue weighted by Gasteiger charge is 2.38. The maximum atomic E-state index is 13.6. The van der Waals surface area contributed by atoms with Crippen LogP contribution in [0.3, 0.4) is 0 Å². The average Bonchev–Trinajstić information content (AvgIpc) is 2.98. The minimum absolute atomic E-state index is 0.0130. The van der Waals surface area contributed by atoms with Gasteiger partial charge in [-0.15, -0.1) is 13.2 Å². The van der Waals surface area contributed by atoms with Crippen LogP contribution in [0.1, 0.15) is 57.7 Å². The molecule has 2 N–H and O–H groups in total. The summed E-state index contributed by atoms with van der Waals surface area (Å²) in [6, 6.07) is 4.82. The number of hydrogen-bond acceptors (Lipinski definition) is 5. The number of benzene rings is 2. The third-order valence-electron chi connectivity index (χ3n) is 6.37. The van der Waals surface area contributed by atoms with Crippen LogP contribution in [0.5, 0.6) is 5.75 Å². The number of para-hydroxylation sites is 1. The fourth-order valence-electron chi connectivity index (χ4n) is 4.60. The summed E-state index contributed by atoms with van der Waals surface area (Å²) in [5.41, 5.74) is -1.45. The Morgan fingerprint density at radius 2 is 1.67 bits per heavy atom. The second kappa shape index (κ2) is 12.7. The molecule has 2 unspecified atom stereocenters. The average molecular weight is 618 g/mol. The number of alkyl carbamates (subject to hydrolysis) is 1. The van der Waals surface area contributed by atoms with Gasteiger partial charge in [0.15, 0.2) is 0 Å². The van der Waals surface area contributed by atoms with Crippen molar-refractivity contribution in [3.05, 3.63) is 59.2 Å². The van der Waals surface area contributed by atoms with Gasteiger partial charge in [0.2, 0.25) is 11.8 Å². The Kier molecular flexibility index (Phi) is 9.92. The molecule has 43 heavy (non-hydrogen) atoms. The number of aryl methyl sites for hydroxylation is 1. The number of anilines is 1. The Hall–Kier alpha value is -3.97. The monoisotopic (exact) mass is 617 g/mol. The highest BCUT2D eigenvalue weighted by molar-refractivity contribution is 6.01. The summed E-state index contributed by atoms with van der Waals surface area (Å²) in [4.78, 5) is 40.9. The molecule has 0 saturated heterocycles. The molecule has 2 aromatic carbocycles. The van der Waals surface area contributed by atoms with Gasteiger partial charge in [0.05, 0.1) is 5.56 Å². The SMILES string of the molecule is CC(C)N1C(=O)C(NC(=O)C(Cc2ccccc2OC(F)(F)F)NC(=O)OC(C)(C)C)CCc2ccc(C(F)(F)F)cc21. The van der Waals surface area contributed by atoms with Crippen molar-refractivity contribution in [2.24, 2.45) is 0 Å². The van der Waals surface area contributed by atoms with Crippen molar-refractivity contribution in [1.29, 1.82) is 0 Å². The molecule has 0 aromatic heterocycles. The molecule has 0 aliphatic carbocycles. The van der Waals surface area contributed by atoms with Crippen LogP contribution in [0.15, 0.2) is 42.5 Å². The molecular formula is C29H33F6N3O5. The highest BCUT2D eigenvalue weighted by atomic mass is 19.4. The third kappa shape index (κ3) is 9.26.